The molecule has 0 radical (unpaired) electrons. The maximum atomic E-state index is 12.3. The van der Waals surface area contributed by atoms with Gasteiger partial charge in [-0.2, -0.15) is 0 Å². The van der Waals surface area contributed by atoms with Crippen LogP contribution in [0.3, 0.4) is 0 Å². The molecule has 2 amide bonds. The molecule has 1 saturated heterocycles. The Kier molecular flexibility index (Phi) is 20.1. The van der Waals surface area contributed by atoms with Crippen molar-refractivity contribution in [3.8, 4) is 0 Å². The van der Waals surface area contributed by atoms with Gasteiger partial charge in [0.25, 0.3) is 0 Å². The fourth-order valence-electron chi connectivity index (χ4n) is 3.96. The normalized spacial score (nSPS) is 14.7. The number of amides is 2. The molecule has 1 aliphatic heterocycles. The van der Waals surface area contributed by atoms with Crippen molar-refractivity contribution in [3.63, 3.8) is 0 Å². The van der Waals surface area contributed by atoms with Crippen LogP contribution in [0.4, 0.5) is 11.4 Å². The van der Waals surface area contributed by atoms with Crippen molar-refractivity contribution < 1.29 is 17.2 Å². The average Bonchev–Trinajstić information content (AvgIpc) is 2.95. The lowest BCUT2D eigenvalue weighted by molar-refractivity contribution is -0.123. The molecular weight excluding hydrogens is 574 g/mol. The quantitative estimate of drug-likeness (QED) is 0.236. The molecule has 46 heavy (non-hydrogen) atoms. The number of nitrogens with one attached hydrogen (secondary N) is 2. The van der Waals surface area contributed by atoms with Gasteiger partial charge in [0.15, 0.2) is 0 Å². The second-order valence-electron chi connectivity index (χ2n) is 12.7. The topological polar surface area (TPSA) is 86.8 Å². The number of hydrogen-bond donors (Lipinski definition) is 2. The Labute approximate surface area is 283 Å². The van der Waals surface area contributed by atoms with E-state index < -0.39 is 0 Å². The first-order valence-electron chi connectivity index (χ1n) is 16.1. The Morgan fingerprint density at radius 2 is 1.78 bits per heavy atom. The number of nitrogens with zero attached hydrogens (tertiary/aromatic N) is 3. The highest BCUT2D eigenvalue weighted by atomic mass is 16.5. The molecule has 2 N–H and O–H groups in total. The summed E-state index contributed by atoms with van der Waals surface area (Å²) >= 11 is 0. The Morgan fingerprint density at radius 3 is 2.28 bits per heavy atom. The van der Waals surface area contributed by atoms with Crippen LogP contribution in [0.2, 0.25) is 0 Å². The minimum atomic E-state index is -0.238. The van der Waals surface area contributed by atoms with Gasteiger partial charge in [-0.25, -0.2) is 0 Å². The molecule has 8 heteroatoms. The van der Waals surface area contributed by atoms with Crippen LogP contribution in [0.15, 0.2) is 84.3 Å². The second kappa shape index (κ2) is 21.9. The zero-order valence-corrected chi connectivity index (χ0v) is 30.7. The lowest BCUT2D eigenvalue weighted by Gasteiger charge is -2.37. The maximum Gasteiger partial charge on any atom is 0.238 e. The number of allylic oxidation sites excluding steroid dienone is 9. The molecule has 260 valence electrons. The number of aryl methyl sites for hydroxylation is 1. The van der Waals surface area contributed by atoms with Crippen LogP contribution < -0.4 is 10.6 Å². The number of hydrogen-bond acceptors (Lipinski definition) is 6. The van der Waals surface area contributed by atoms with E-state index in [4.69, 9.17) is 4.74 Å². The number of ether oxygens (including phenoxy) is 1. The number of aromatic nitrogens is 1. The van der Waals surface area contributed by atoms with Gasteiger partial charge >= 0.3 is 0 Å². The summed E-state index contributed by atoms with van der Waals surface area (Å²) in [6, 6.07) is 1.74. The third kappa shape index (κ3) is 17.7. The summed E-state index contributed by atoms with van der Waals surface area (Å²) in [6.07, 6.45) is 14.7. The zero-order chi connectivity index (χ0) is 35.4. The van der Waals surface area contributed by atoms with Crippen molar-refractivity contribution in [1.82, 2.24) is 14.8 Å². The van der Waals surface area contributed by atoms with Crippen molar-refractivity contribution in [3.05, 3.63) is 90.0 Å². The van der Waals surface area contributed by atoms with Crippen LogP contribution in [0.25, 0.3) is 0 Å². The van der Waals surface area contributed by atoms with Crippen molar-refractivity contribution >= 4 is 23.2 Å². The largest absolute Gasteiger partial charge is 0.383 e. The van der Waals surface area contributed by atoms with Crippen LogP contribution in [0, 0.1) is 12.8 Å². The van der Waals surface area contributed by atoms with Crippen molar-refractivity contribution in [2.24, 2.45) is 5.92 Å². The zero-order valence-electron chi connectivity index (χ0n) is 30.7. The van der Waals surface area contributed by atoms with E-state index >= 15 is 0 Å². The Balaban J connectivity index is -0.000000784. The summed E-state index contributed by atoms with van der Waals surface area (Å²) in [7, 11) is 4.01. The Hall–Kier alpha value is -3.75. The summed E-state index contributed by atoms with van der Waals surface area (Å²) in [5.74, 6) is -0.310. The van der Waals surface area contributed by atoms with Gasteiger partial charge in [-0.1, -0.05) is 88.8 Å². The first-order valence-corrected chi connectivity index (χ1v) is 16.1. The summed E-state index contributed by atoms with van der Waals surface area (Å²) < 4.78 is 5.66. The van der Waals surface area contributed by atoms with Gasteiger partial charge in [0.2, 0.25) is 11.8 Å². The molecule has 1 aliphatic rings. The summed E-state index contributed by atoms with van der Waals surface area (Å²) in [6.45, 7) is 30.1. The van der Waals surface area contributed by atoms with Crippen molar-refractivity contribution in [1.29, 1.82) is 0 Å². The Bertz CT molecular complexity index is 1280. The molecule has 0 aromatic carbocycles. The fraction of sp³-hybridized carbons (Fsp3) is 0.500. The van der Waals surface area contributed by atoms with Gasteiger partial charge in [0.05, 0.1) is 42.0 Å². The van der Waals surface area contributed by atoms with Crippen molar-refractivity contribution in [2.45, 2.75) is 81.3 Å². The van der Waals surface area contributed by atoms with E-state index in [1.165, 1.54) is 17.6 Å². The highest BCUT2D eigenvalue weighted by Gasteiger charge is 2.28. The molecular formula is C38H65N5O3. The van der Waals surface area contributed by atoms with Gasteiger partial charge in [-0.15, -0.1) is 0 Å². The molecule has 0 saturated carbocycles. The van der Waals surface area contributed by atoms with Gasteiger partial charge in [0.1, 0.15) is 0 Å². The number of anilines is 2. The fourth-order valence-corrected chi connectivity index (χ4v) is 3.96. The standard InChI is InChI=1S/C18H28N4O3.C17H25N.C3H8.2H2/c1-12(2)17(24)21-15-8-14(9-19-13(15)3)20-16(23)10-22-6-7-25-18(4,5)11-22;1-8-10-11-17(12-15(5)14(3)4)16(9-2)13-18(6)7;1-3-2;;/h8-9,12H,6-7,10-11H2,1-5H3,(H,20,23)(H,21,24);8-13H,1-2H2,3-7H3;3H2,1-2H3;2*1H/b;11-10-,16-13+,17-12+;;;. The molecule has 0 spiro atoms. The van der Waals surface area contributed by atoms with Crippen LogP contribution in [-0.4, -0.2) is 72.5 Å². The SMILES string of the molecule is C=C\C=C/C(=C\C(C)=C(C)C)C(/C=C)=C/N(C)C.CCC.Cc1ncc(NC(=O)CN2CCOC(C)(C)C2)cc1NC(=O)C(C)C.[HH].[HH]. The monoisotopic (exact) mass is 640 g/mol. The molecule has 0 unspecified atom stereocenters. The molecule has 1 fully saturated rings. The molecule has 0 bridgehead atoms. The maximum absolute atomic E-state index is 12.3. The van der Waals surface area contributed by atoms with E-state index in [-0.39, 0.29) is 26.2 Å². The molecule has 0 aliphatic carbocycles. The number of carbonyl (C=O) groups excluding carboxylic acids is 2. The predicted molar refractivity (Wildman–Crippen MR) is 201 cm³/mol. The molecule has 1 aromatic heterocycles. The van der Waals surface area contributed by atoms with E-state index in [0.717, 1.165) is 17.7 Å². The van der Waals surface area contributed by atoms with E-state index in [1.54, 1.807) is 18.3 Å². The minimum Gasteiger partial charge on any atom is -0.383 e. The smallest absolute Gasteiger partial charge is 0.238 e. The van der Waals surface area contributed by atoms with E-state index in [1.807, 2.05) is 65.8 Å². The number of morpholine rings is 1. The van der Waals surface area contributed by atoms with Crippen LogP contribution in [0.1, 0.15) is 77.3 Å². The highest BCUT2D eigenvalue weighted by Crippen LogP contribution is 2.20. The molecule has 2 heterocycles. The average molecular weight is 640 g/mol. The lowest BCUT2D eigenvalue weighted by atomic mass is 10.0. The second-order valence-corrected chi connectivity index (χ2v) is 12.7. The van der Waals surface area contributed by atoms with Gasteiger partial charge in [0, 0.05) is 42.2 Å². The van der Waals surface area contributed by atoms with E-state index in [2.05, 4.69) is 86.6 Å². The summed E-state index contributed by atoms with van der Waals surface area (Å²) in [5, 5.41) is 5.69. The predicted octanol–water partition coefficient (Wildman–Crippen LogP) is 8.58. The Morgan fingerprint density at radius 1 is 1.15 bits per heavy atom. The molecule has 1 aromatic rings. The highest BCUT2D eigenvalue weighted by molar-refractivity contribution is 5.95. The lowest BCUT2D eigenvalue weighted by Crippen LogP contribution is -2.50. The third-order valence-electron chi connectivity index (χ3n) is 6.55. The first kappa shape index (κ1) is 42.2. The minimum absolute atomic E-state index is 0. The van der Waals surface area contributed by atoms with Crippen LogP contribution in [-0.2, 0) is 14.3 Å². The third-order valence-corrected chi connectivity index (χ3v) is 6.55. The van der Waals surface area contributed by atoms with Crippen molar-refractivity contribution in [2.75, 3.05) is 51.0 Å². The number of pyridine rings is 1. The van der Waals surface area contributed by atoms with E-state index in [9.17, 15) is 9.59 Å². The molecule has 2 rings (SSSR count). The van der Waals surface area contributed by atoms with Crippen LogP contribution in [0.5, 0.6) is 0 Å². The molecule has 8 nitrogen and oxygen atoms in total. The van der Waals surface area contributed by atoms with E-state index in [0.29, 0.717) is 36.8 Å². The first-order chi connectivity index (χ1) is 21.5. The number of rotatable bonds is 11. The summed E-state index contributed by atoms with van der Waals surface area (Å²) in [4.78, 5) is 32.5. The van der Waals surface area contributed by atoms with Gasteiger partial charge in [-0.05, 0) is 58.8 Å². The number of carbonyl (C=O) groups is 2. The van der Waals surface area contributed by atoms with Crippen LogP contribution >= 0.6 is 0 Å². The van der Waals surface area contributed by atoms with Gasteiger partial charge < -0.3 is 20.3 Å². The molecule has 0 atom stereocenters. The summed E-state index contributed by atoms with van der Waals surface area (Å²) in [5.41, 5.74) is 6.47. The van der Waals surface area contributed by atoms with Gasteiger partial charge in [-0.3, -0.25) is 19.5 Å².